The molecular formula is C16H26N2O2. The number of amides is 1. The third kappa shape index (κ3) is 5.51. The van der Waals surface area contributed by atoms with Crippen LogP contribution in [0.5, 0.6) is 5.75 Å². The molecule has 1 atom stereocenters. The third-order valence-corrected chi connectivity index (χ3v) is 2.99. The zero-order valence-corrected chi connectivity index (χ0v) is 13.1. The quantitative estimate of drug-likeness (QED) is 0.807. The average molecular weight is 278 g/mol. The molecule has 0 heterocycles. The van der Waals surface area contributed by atoms with Crippen molar-refractivity contribution >= 4 is 17.3 Å². The Labute approximate surface area is 121 Å². The summed E-state index contributed by atoms with van der Waals surface area (Å²) in [5.74, 6) is 0.932. The number of nitrogens with one attached hydrogen (secondary N) is 1. The first-order chi connectivity index (χ1) is 9.21. The molecule has 1 amide bonds. The van der Waals surface area contributed by atoms with E-state index in [0.717, 1.165) is 6.42 Å². The number of hydrogen-bond acceptors (Lipinski definition) is 3. The van der Waals surface area contributed by atoms with Crippen LogP contribution in [0.15, 0.2) is 18.2 Å². The summed E-state index contributed by atoms with van der Waals surface area (Å²) in [5, 5.41) is 2.89. The highest BCUT2D eigenvalue weighted by atomic mass is 16.5. The summed E-state index contributed by atoms with van der Waals surface area (Å²) in [6, 6.07) is 5.21. The lowest BCUT2D eigenvalue weighted by Crippen LogP contribution is -2.19. The van der Waals surface area contributed by atoms with Crippen molar-refractivity contribution in [2.75, 3.05) is 18.2 Å². The van der Waals surface area contributed by atoms with Gasteiger partial charge in [-0.3, -0.25) is 4.79 Å². The lowest BCUT2D eigenvalue weighted by Gasteiger charge is -2.23. The second-order valence-electron chi connectivity index (χ2n) is 6.58. The molecule has 1 rings (SSSR count). The molecule has 0 aliphatic heterocycles. The van der Waals surface area contributed by atoms with Crippen molar-refractivity contribution in [1.82, 2.24) is 0 Å². The summed E-state index contributed by atoms with van der Waals surface area (Å²) >= 11 is 0. The number of hydrogen-bond donors (Lipinski definition) is 2. The maximum atomic E-state index is 12.1. The molecule has 0 aliphatic carbocycles. The predicted octanol–water partition coefficient (Wildman–Crippen LogP) is 3.68. The Bertz CT molecular complexity index is 464. The molecule has 0 saturated heterocycles. The van der Waals surface area contributed by atoms with Crippen molar-refractivity contribution in [3.63, 3.8) is 0 Å². The molecule has 0 aromatic heterocycles. The third-order valence-electron chi connectivity index (χ3n) is 2.99. The normalized spacial score (nSPS) is 12.8. The second-order valence-corrected chi connectivity index (χ2v) is 6.58. The summed E-state index contributed by atoms with van der Waals surface area (Å²) < 4.78 is 5.22. The number of methoxy groups -OCH3 is 1. The fourth-order valence-corrected chi connectivity index (χ4v) is 2.45. The minimum atomic E-state index is 0.00446. The number of nitrogen functional groups attached to an aromatic ring is 1. The molecule has 1 aromatic rings. The van der Waals surface area contributed by atoms with E-state index < -0.39 is 0 Å². The molecule has 0 spiro atoms. The first-order valence-corrected chi connectivity index (χ1v) is 6.94. The van der Waals surface area contributed by atoms with Crippen molar-refractivity contribution < 1.29 is 9.53 Å². The van der Waals surface area contributed by atoms with Crippen LogP contribution in [0.3, 0.4) is 0 Å². The second kappa shape index (κ2) is 6.64. The molecule has 0 aliphatic rings. The summed E-state index contributed by atoms with van der Waals surface area (Å²) in [4.78, 5) is 12.1. The molecule has 4 heteroatoms. The molecule has 1 unspecified atom stereocenters. The van der Waals surface area contributed by atoms with Gasteiger partial charge < -0.3 is 15.8 Å². The van der Waals surface area contributed by atoms with E-state index in [0.29, 0.717) is 29.5 Å². The molecule has 0 bridgehead atoms. The van der Waals surface area contributed by atoms with Gasteiger partial charge >= 0.3 is 0 Å². The van der Waals surface area contributed by atoms with Crippen molar-refractivity contribution in [1.29, 1.82) is 0 Å². The highest BCUT2D eigenvalue weighted by Crippen LogP contribution is 2.28. The van der Waals surface area contributed by atoms with Gasteiger partial charge in [0.25, 0.3) is 0 Å². The first-order valence-electron chi connectivity index (χ1n) is 6.94. The molecule has 20 heavy (non-hydrogen) atoms. The highest BCUT2D eigenvalue weighted by molar-refractivity contribution is 5.92. The Balaban J connectivity index is 2.63. The average Bonchev–Trinajstić information content (AvgIpc) is 2.28. The first kappa shape index (κ1) is 16.3. The summed E-state index contributed by atoms with van der Waals surface area (Å²) in [7, 11) is 1.56. The Morgan fingerprint density at radius 1 is 1.40 bits per heavy atom. The molecule has 0 saturated carbocycles. The van der Waals surface area contributed by atoms with E-state index in [2.05, 4.69) is 33.0 Å². The van der Waals surface area contributed by atoms with Crippen molar-refractivity contribution in [3.8, 4) is 5.75 Å². The maximum absolute atomic E-state index is 12.1. The number of rotatable bonds is 5. The maximum Gasteiger partial charge on any atom is 0.224 e. The van der Waals surface area contributed by atoms with Gasteiger partial charge in [0.05, 0.1) is 12.8 Å². The van der Waals surface area contributed by atoms with Gasteiger partial charge in [-0.2, -0.15) is 0 Å². The summed E-state index contributed by atoms with van der Waals surface area (Å²) in [6.07, 6.45) is 1.52. The largest absolute Gasteiger partial charge is 0.494 e. The number of benzene rings is 1. The Morgan fingerprint density at radius 2 is 2.05 bits per heavy atom. The number of carbonyl (C=O) groups is 1. The van der Waals surface area contributed by atoms with Gasteiger partial charge in [-0.15, -0.1) is 0 Å². The Morgan fingerprint density at radius 3 is 2.60 bits per heavy atom. The molecule has 112 valence electrons. The zero-order valence-electron chi connectivity index (χ0n) is 13.1. The van der Waals surface area contributed by atoms with Gasteiger partial charge in [0, 0.05) is 18.2 Å². The smallest absolute Gasteiger partial charge is 0.224 e. The summed E-state index contributed by atoms with van der Waals surface area (Å²) in [6.45, 7) is 8.66. The van der Waals surface area contributed by atoms with E-state index >= 15 is 0 Å². The molecule has 0 fully saturated rings. The number of nitrogens with two attached hydrogens (primary N) is 1. The van der Waals surface area contributed by atoms with Gasteiger partial charge in [0.15, 0.2) is 0 Å². The molecule has 0 radical (unpaired) electrons. The predicted molar refractivity (Wildman–Crippen MR) is 83.9 cm³/mol. The minimum Gasteiger partial charge on any atom is -0.494 e. The van der Waals surface area contributed by atoms with Gasteiger partial charge in [-0.25, -0.2) is 0 Å². The Hall–Kier alpha value is -1.71. The molecular weight excluding hydrogens is 252 g/mol. The van der Waals surface area contributed by atoms with Crippen LogP contribution >= 0.6 is 0 Å². The van der Waals surface area contributed by atoms with Crippen molar-refractivity contribution in [2.45, 2.75) is 40.5 Å². The van der Waals surface area contributed by atoms with Crippen LogP contribution in [-0.2, 0) is 4.79 Å². The monoisotopic (exact) mass is 278 g/mol. The lowest BCUT2D eigenvalue weighted by atomic mass is 9.84. The summed E-state index contributed by atoms with van der Waals surface area (Å²) in [5.41, 5.74) is 7.20. The number of ether oxygens (including phenoxy) is 1. The van der Waals surface area contributed by atoms with Crippen LogP contribution in [0.25, 0.3) is 0 Å². The molecule has 3 N–H and O–H groups in total. The SMILES string of the molecule is COc1cc(N)ccc1NC(=O)CC(C)CC(C)(C)C. The number of anilines is 2. The van der Waals surface area contributed by atoms with Crippen LogP contribution in [-0.4, -0.2) is 13.0 Å². The van der Waals surface area contributed by atoms with Gasteiger partial charge in [0.1, 0.15) is 5.75 Å². The van der Waals surface area contributed by atoms with Crippen molar-refractivity contribution in [2.24, 2.45) is 11.3 Å². The highest BCUT2D eigenvalue weighted by Gasteiger charge is 2.18. The minimum absolute atomic E-state index is 0.00446. The van der Waals surface area contributed by atoms with E-state index in [9.17, 15) is 4.79 Å². The fourth-order valence-electron chi connectivity index (χ4n) is 2.45. The zero-order chi connectivity index (χ0) is 15.3. The fraction of sp³-hybridized carbons (Fsp3) is 0.562. The molecule has 1 aromatic carbocycles. The van der Waals surface area contributed by atoms with Crippen LogP contribution in [0, 0.1) is 11.3 Å². The van der Waals surface area contributed by atoms with Crippen LogP contribution in [0.4, 0.5) is 11.4 Å². The van der Waals surface area contributed by atoms with Crippen LogP contribution < -0.4 is 15.8 Å². The Kier molecular flexibility index (Phi) is 5.43. The number of carbonyl (C=O) groups excluding carboxylic acids is 1. The van der Waals surface area contributed by atoms with E-state index in [-0.39, 0.29) is 11.3 Å². The van der Waals surface area contributed by atoms with Gasteiger partial charge in [0.2, 0.25) is 5.91 Å². The van der Waals surface area contributed by atoms with E-state index in [1.54, 1.807) is 25.3 Å². The lowest BCUT2D eigenvalue weighted by molar-refractivity contribution is -0.117. The molecule has 4 nitrogen and oxygen atoms in total. The topological polar surface area (TPSA) is 64.3 Å². The van der Waals surface area contributed by atoms with Gasteiger partial charge in [-0.1, -0.05) is 27.7 Å². The van der Waals surface area contributed by atoms with E-state index in [4.69, 9.17) is 10.5 Å². The standard InChI is InChI=1S/C16H26N2O2/c1-11(10-16(2,3)4)8-15(19)18-13-7-6-12(17)9-14(13)20-5/h6-7,9,11H,8,10,17H2,1-5H3,(H,18,19). The van der Waals surface area contributed by atoms with Crippen LogP contribution in [0.1, 0.15) is 40.5 Å². The van der Waals surface area contributed by atoms with E-state index in [1.807, 2.05) is 0 Å². The van der Waals surface area contributed by atoms with Crippen LogP contribution in [0.2, 0.25) is 0 Å². The van der Waals surface area contributed by atoms with Gasteiger partial charge in [-0.05, 0) is 29.9 Å². The van der Waals surface area contributed by atoms with E-state index in [1.165, 1.54) is 0 Å². The van der Waals surface area contributed by atoms with Crippen molar-refractivity contribution in [3.05, 3.63) is 18.2 Å².